The lowest BCUT2D eigenvalue weighted by molar-refractivity contribution is 0.0950. The lowest BCUT2D eigenvalue weighted by atomic mass is 10.1. The minimum Gasteiger partial charge on any atom is -0.351 e. The molecule has 88 valence electrons. The van der Waals surface area contributed by atoms with E-state index in [2.05, 4.69) is 5.32 Å². The minimum absolute atomic E-state index is 0.119. The average Bonchev–Trinajstić information content (AvgIpc) is 2.29. The van der Waals surface area contributed by atoms with Crippen LogP contribution < -0.4 is 5.32 Å². The van der Waals surface area contributed by atoms with Crippen LogP contribution in [0.4, 0.5) is 4.39 Å². The van der Waals surface area contributed by atoms with Gasteiger partial charge in [0.1, 0.15) is 5.82 Å². The summed E-state index contributed by atoms with van der Waals surface area (Å²) in [5, 5.41) is 3.05. The van der Waals surface area contributed by atoms with Crippen LogP contribution in [0.5, 0.6) is 0 Å². The third kappa shape index (κ3) is 3.23. The maximum Gasteiger partial charge on any atom is 0.254 e. The first-order chi connectivity index (χ1) is 7.56. The highest BCUT2D eigenvalue weighted by molar-refractivity contribution is 7.99. The zero-order valence-corrected chi connectivity index (χ0v) is 10.5. The maximum atomic E-state index is 13.6. The van der Waals surface area contributed by atoms with Crippen LogP contribution in [0.25, 0.3) is 0 Å². The molecule has 0 bridgehead atoms. The van der Waals surface area contributed by atoms with Crippen LogP contribution in [0.2, 0.25) is 0 Å². The first-order valence-corrected chi connectivity index (χ1v) is 6.41. The molecular formula is C12H16FNOS. The molecule has 0 spiro atoms. The predicted octanol–water partition coefficient (Wildman–Crippen LogP) is 2.62. The van der Waals surface area contributed by atoms with E-state index in [1.807, 2.05) is 13.2 Å². The number of halogens is 1. The van der Waals surface area contributed by atoms with Crippen LogP contribution in [-0.4, -0.2) is 24.0 Å². The van der Waals surface area contributed by atoms with E-state index in [9.17, 15) is 9.18 Å². The molecule has 0 saturated heterocycles. The van der Waals surface area contributed by atoms with Gasteiger partial charge in [-0.15, -0.1) is 0 Å². The van der Waals surface area contributed by atoms with Crippen LogP contribution >= 0.6 is 11.8 Å². The number of hydrogen-bond acceptors (Lipinski definition) is 2. The lowest BCUT2D eigenvalue weighted by Crippen LogP contribution is -2.30. The monoisotopic (exact) mass is 241 g/mol. The second-order valence-electron chi connectivity index (χ2n) is 3.69. The van der Waals surface area contributed by atoms with Crippen molar-refractivity contribution in [3.8, 4) is 0 Å². The summed E-state index contributed by atoms with van der Waals surface area (Å²) >= 11 is 1.66. The first-order valence-electron chi connectivity index (χ1n) is 5.12. The van der Waals surface area contributed by atoms with E-state index < -0.39 is 5.82 Å². The van der Waals surface area contributed by atoms with Crippen molar-refractivity contribution in [3.05, 3.63) is 35.1 Å². The van der Waals surface area contributed by atoms with Crippen molar-refractivity contribution >= 4 is 17.7 Å². The predicted molar refractivity (Wildman–Crippen MR) is 66.4 cm³/mol. The van der Waals surface area contributed by atoms with Crippen LogP contribution in [0.3, 0.4) is 0 Å². The molecule has 2 nitrogen and oxygen atoms in total. The molecule has 1 aromatic rings. The van der Waals surface area contributed by atoms with Gasteiger partial charge in [0, 0.05) is 11.8 Å². The summed E-state index contributed by atoms with van der Waals surface area (Å²) in [5.74, 6) is -0.779. The van der Waals surface area contributed by atoms with Gasteiger partial charge < -0.3 is 5.32 Å². The van der Waals surface area contributed by atoms with E-state index in [4.69, 9.17) is 0 Å². The summed E-state index contributed by atoms with van der Waals surface area (Å²) in [6.07, 6.45) is 1.98. The van der Waals surface area contributed by atoms with Gasteiger partial charge in [0.15, 0.2) is 0 Å². The first kappa shape index (κ1) is 13.0. The van der Waals surface area contributed by atoms with Crippen LogP contribution in [0, 0.1) is 12.7 Å². The number of rotatable bonds is 4. The number of carbonyl (C=O) groups is 1. The van der Waals surface area contributed by atoms with Gasteiger partial charge in [-0.3, -0.25) is 4.79 Å². The molecule has 1 unspecified atom stereocenters. The Morgan fingerprint density at radius 2 is 2.25 bits per heavy atom. The quantitative estimate of drug-likeness (QED) is 0.878. The second-order valence-corrected chi connectivity index (χ2v) is 4.97. The van der Waals surface area contributed by atoms with E-state index >= 15 is 0 Å². The Balaban J connectivity index is 2.70. The van der Waals surface area contributed by atoms with Crippen LogP contribution in [0.1, 0.15) is 22.8 Å². The van der Waals surface area contributed by atoms with Gasteiger partial charge in [0.05, 0.1) is 5.56 Å². The Morgan fingerprint density at radius 3 is 2.88 bits per heavy atom. The maximum absolute atomic E-state index is 13.6. The average molecular weight is 241 g/mol. The number of nitrogens with one attached hydrogen (secondary N) is 1. The van der Waals surface area contributed by atoms with Crippen molar-refractivity contribution in [2.45, 2.75) is 19.1 Å². The Hall–Kier alpha value is -1.03. The summed E-state index contributed by atoms with van der Waals surface area (Å²) in [4.78, 5) is 11.7. The summed E-state index contributed by atoms with van der Waals surface area (Å²) in [5.41, 5.74) is 0.610. The van der Waals surface area contributed by atoms with Crippen molar-refractivity contribution < 1.29 is 9.18 Å². The fraction of sp³-hybridized carbons (Fsp3) is 0.417. The second kappa shape index (κ2) is 5.89. The third-order valence-electron chi connectivity index (χ3n) is 2.39. The third-order valence-corrected chi connectivity index (χ3v) is 3.36. The Bertz CT molecular complexity index is 381. The van der Waals surface area contributed by atoms with E-state index in [1.165, 1.54) is 6.07 Å². The Morgan fingerprint density at radius 1 is 1.56 bits per heavy atom. The molecule has 0 aliphatic rings. The zero-order valence-electron chi connectivity index (χ0n) is 9.71. The standard InChI is InChI=1S/C12H16FNOS/c1-8-5-4-6-10(11(8)13)12(15)14-7-9(2)16-3/h4-6,9H,7H2,1-3H3,(H,14,15). The van der Waals surface area contributed by atoms with E-state index in [-0.39, 0.29) is 11.5 Å². The Kier molecular flexibility index (Phi) is 4.80. The fourth-order valence-corrected chi connectivity index (χ4v) is 1.49. The molecule has 1 aromatic carbocycles. The van der Waals surface area contributed by atoms with Crippen LogP contribution in [0.15, 0.2) is 18.2 Å². The zero-order chi connectivity index (χ0) is 12.1. The van der Waals surface area contributed by atoms with Gasteiger partial charge in [-0.2, -0.15) is 11.8 Å². The lowest BCUT2D eigenvalue weighted by Gasteiger charge is -2.10. The molecule has 0 aliphatic heterocycles. The molecule has 1 amide bonds. The smallest absolute Gasteiger partial charge is 0.254 e. The van der Waals surface area contributed by atoms with E-state index in [0.29, 0.717) is 17.4 Å². The van der Waals surface area contributed by atoms with Gasteiger partial charge in [0.25, 0.3) is 5.91 Å². The van der Waals surface area contributed by atoms with Crippen molar-refractivity contribution in [1.82, 2.24) is 5.32 Å². The number of aryl methyl sites for hydroxylation is 1. The number of benzene rings is 1. The van der Waals surface area contributed by atoms with Crippen LogP contribution in [-0.2, 0) is 0 Å². The van der Waals surface area contributed by atoms with Gasteiger partial charge >= 0.3 is 0 Å². The highest BCUT2D eigenvalue weighted by Gasteiger charge is 2.13. The number of amides is 1. The highest BCUT2D eigenvalue weighted by atomic mass is 32.2. The van der Waals surface area contributed by atoms with Crippen molar-refractivity contribution in [3.63, 3.8) is 0 Å². The van der Waals surface area contributed by atoms with E-state index in [0.717, 1.165) is 0 Å². The fourth-order valence-electron chi connectivity index (χ4n) is 1.24. The molecule has 0 radical (unpaired) electrons. The summed E-state index contributed by atoms with van der Waals surface area (Å²) in [7, 11) is 0. The van der Waals surface area contributed by atoms with Gasteiger partial charge in [-0.05, 0) is 24.8 Å². The normalized spacial score (nSPS) is 12.2. The summed E-state index contributed by atoms with van der Waals surface area (Å²) < 4.78 is 13.6. The Labute approximate surface area is 99.6 Å². The van der Waals surface area contributed by atoms with Crippen molar-refractivity contribution in [2.24, 2.45) is 0 Å². The molecule has 1 rings (SSSR count). The van der Waals surface area contributed by atoms with Gasteiger partial charge in [0.2, 0.25) is 0 Å². The van der Waals surface area contributed by atoms with Gasteiger partial charge in [-0.1, -0.05) is 19.1 Å². The van der Waals surface area contributed by atoms with Gasteiger partial charge in [-0.25, -0.2) is 4.39 Å². The largest absolute Gasteiger partial charge is 0.351 e. The molecule has 0 saturated carbocycles. The highest BCUT2D eigenvalue weighted by Crippen LogP contribution is 2.12. The number of thioether (sulfide) groups is 1. The SMILES string of the molecule is CSC(C)CNC(=O)c1cccc(C)c1F. The molecule has 1 atom stereocenters. The number of hydrogen-bond donors (Lipinski definition) is 1. The molecule has 4 heteroatoms. The molecule has 0 aromatic heterocycles. The molecule has 16 heavy (non-hydrogen) atoms. The molecular weight excluding hydrogens is 225 g/mol. The number of carbonyl (C=O) groups excluding carboxylic acids is 1. The molecule has 0 heterocycles. The summed E-state index contributed by atoms with van der Waals surface area (Å²) in [6, 6.07) is 4.84. The van der Waals surface area contributed by atoms with Crippen molar-refractivity contribution in [2.75, 3.05) is 12.8 Å². The summed E-state index contributed by atoms with van der Waals surface area (Å²) in [6.45, 7) is 4.21. The minimum atomic E-state index is -0.434. The molecule has 0 fully saturated rings. The van der Waals surface area contributed by atoms with Crippen molar-refractivity contribution in [1.29, 1.82) is 0 Å². The topological polar surface area (TPSA) is 29.1 Å². The molecule has 0 aliphatic carbocycles. The molecule has 1 N–H and O–H groups in total. The van der Waals surface area contributed by atoms with E-state index in [1.54, 1.807) is 30.8 Å².